The Bertz CT molecular complexity index is 434. The summed E-state index contributed by atoms with van der Waals surface area (Å²) in [7, 11) is 3.33. The molecule has 1 aromatic heterocycles. The Hall–Kier alpha value is -1.56. The molecule has 0 bridgehead atoms. The first kappa shape index (κ1) is 13.5. The van der Waals surface area contributed by atoms with E-state index in [1.165, 1.54) is 17.2 Å². The third-order valence-electron chi connectivity index (χ3n) is 2.08. The Kier molecular flexibility index (Phi) is 4.51. The summed E-state index contributed by atoms with van der Waals surface area (Å²) < 4.78 is 0. The monoisotopic (exact) mass is 254 g/mol. The van der Waals surface area contributed by atoms with Crippen molar-refractivity contribution in [3.63, 3.8) is 0 Å². The number of carbonyl (C=O) groups is 2. The van der Waals surface area contributed by atoms with Crippen LogP contribution < -0.4 is 0 Å². The number of carboxylic acid groups (broad SMARTS) is 1. The lowest BCUT2D eigenvalue weighted by molar-refractivity contribution is -0.127. The van der Waals surface area contributed by atoms with Gasteiger partial charge in [-0.25, -0.2) is 9.78 Å². The third kappa shape index (κ3) is 3.45. The molecule has 1 amide bonds. The average molecular weight is 254 g/mol. The fourth-order valence-corrected chi connectivity index (χ4v) is 2.28. The van der Waals surface area contributed by atoms with Crippen LogP contribution in [0.2, 0.25) is 0 Å². The minimum atomic E-state index is -1.04. The molecule has 5 nitrogen and oxygen atoms in total. The zero-order valence-electron chi connectivity index (χ0n) is 9.88. The first-order valence-electron chi connectivity index (χ1n) is 4.99. The number of hydrogen-bond acceptors (Lipinski definition) is 4. The zero-order chi connectivity index (χ0) is 13.0. The maximum Gasteiger partial charge on any atom is 0.338 e. The molecule has 1 aromatic rings. The van der Waals surface area contributed by atoms with Crippen LogP contribution in [-0.2, 0) is 4.79 Å². The van der Waals surface area contributed by atoms with Crippen molar-refractivity contribution in [1.82, 2.24) is 9.88 Å². The van der Waals surface area contributed by atoms with E-state index in [0.717, 1.165) is 11.8 Å². The SMILES string of the molecule is CC(Sc1ncccc1C(=O)O)C(=O)N(C)C. The van der Waals surface area contributed by atoms with Crippen LogP contribution in [0.3, 0.4) is 0 Å². The van der Waals surface area contributed by atoms with Gasteiger partial charge in [0.25, 0.3) is 0 Å². The third-order valence-corrected chi connectivity index (χ3v) is 3.18. The molecule has 0 saturated heterocycles. The van der Waals surface area contributed by atoms with Crippen LogP contribution >= 0.6 is 11.8 Å². The minimum absolute atomic E-state index is 0.0722. The molecule has 0 aliphatic carbocycles. The van der Waals surface area contributed by atoms with Gasteiger partial charge in [-0.15, -0.1) is 0 Å². The standard InChI is InChI=1S/C11H14N2O3S/c1-7(10(14)13(2)3)17-9-8(11(15)16)5-4-6-12-9/h4-7H,1-3H3,(H,15,16). The first-order chi connectivity index (χ1) is 7.93. The summed E-state index contributed by atoms with van der Waals surface area (Å²) >= 11 is 1.15. The van der Waals surface area contributed by atoms with Crippen LogP contribution in [0.15, 0.2) is 23.4 Å². The number of aromatic carboxylic acids is 1. The van der Waals surface area contributed by atoms with Gasteiger partial charge in [0.05, 0.1) is 10.8 Å². The average Bonchev–Trinajstić information content (AvgIpc) is 2.28. The summed E-state index contributed by atoms with van der Waals surface area (Å²) in [6, 6.07) is 3.04. The Morgan fingerprint density at radius 2 is 2.12 bits per heavy atom. The van der Waals surface area contributed by atoms with Crippen LogP contribution in [0, 0.1) is 0 Å². The number of pyridine rings is 1. The van der Waals surface area contributed by atoms with Gasteiger partial charge >= 0.3 is 5.97 Å². The van der Waals surface area contributed by atoms with Crippen molar-refractivity contribution < 1.29 is 14.7 Å². The van der Waals surface area contributed by atoms with Crippen LogP contribution in [0.25, 0.3) is 0 Å². The van der Waals surface area contributed by atoms with Gasteiger partial charge in [-0.2, -0.15) is 0 Å². The van der Waals surface area contributed by atoms with Crippen LogP contribution in [0.5, 0.6) is 0 Å². The van der Waals surface area contributed by atoms with E-state index >= 15 is 0 Å². The van der Waals surface area contributed by atoms with E-state index in [2.05, 4.69) is 4.98 Å². The second-order valence-electron chi connectivity index (χ2n) is 3.65. The van der Waals surface area contributed by atoms with Gasteiger partial charge in [0.1, 0.15) is 5.03 Å². The number of thioether (sulfide) groups is 1. The molecule has 0 fully saturated rings. The molecule has 92 valence electrons. The maximum absolute atomic E-state index is 11.7. The highest BCUT2D eigenvalue weighted by molar-refractivity contribution is 8.00. The van der Waals surface area contributed by atoms with Gasteiger partial charge in [-0.05, 0) is 19.1 Å². The van der Waals surface area contributed by atoms with E-state index in [1.54, 1.807) is 27.1 Å². The van der Waals surface area contributed by atoms with E-state index in [0.29, 0.717) is 5.03 Å². The molecule has 0 radical (unpaired) electrons. The molecule has 0 aliphatic rings. The quantitative estimate of drug-likeness (QED) is 0.821. The highest BCUT2D eigenvalue weighted by Gasteiger charge is 2.20. The van der Waals surface area contributed by atoms with Crippen molar-refractivity contribution in [3.05, 3.63) is 23.9 Å². The molecule has 17 heavy (non-hydrogen) atoms. The Labute approximate surface area is 104 Å². The fourth-order valence-electron chi connectivity index (χ4n) is 1.23. The maximum atomic E-state index is 11.7. The molecule has 1 rings (SSSR count). The highest BCUT2D eigenvalue weighted by Crippen LogP contribution is 2.25. The molecule has 0 aromatic carbocycles. The molecule has 0 spiro atoms. The Balaban J connectivity index is 2.88. The highest BCUT2D eigenvalue weighted by atomic mass is 32.2. The lowest BCUT2D eigenvalue weighted by Crippen LogP contribution is -2.29. The number of aromatic nitrogens is 1. The minimum Gasteiger partial charge on any atom is -0.478 e. The van der Waals surface area contributed by atoms with E-state index in [-0.39, 0.29) is 16.7 Å². The number of nitrogens with zero attached hydrogens (tertiary/aromatic N) is 2. The number of carboxylic acids is 1. The molecule has 1 unspecified atom stereocenters. The van der Waals surface area contributed by atoms with Crippen LogP contribution in [0.1, 0.15) is 17.3 Å². The van der Waals surface area contributed by atoms with Crippen molar-refractivity contribution in [2.75, 3.05) is 14.1 Å². The second-order valence-corrected chi connectivity index (χ2v) is 4.98. The summed E-state index contributed by atoms with van der Waals surface area (Å²) in [5.74, 6) is -1.11. The van der Waals surface area contributed by atoms with Gasteiger partial charge in [0.15, 0.2) is 0 Å². The largest absolute Gasteiger partial charge is 0.478 e. The summed E-state index contributed by atoms with van der Waals surface area (Å²) in [6.07, 6.45) is 1.52. The molecule has 6 heteroatoms. The smallest absolute Gasteiger partial charge is 0.338 e. The predicted octanol–water partition coefficient (Wildman–Crippen LogP) is 1.35. The summed E-state index contributed by atoms with van der Waals surface area (Å²) in [5.41, 5.74) is 0.121. The number of amides is 1. The molecule has 1 N–H and O–H groups in total. The Morgan fingerprint density at radius 3 is 2.65 bits per heavy atom. The van der Waals surface area contributed by atoms with Crippen molar-refractivity contribution in [1.29, 1.82) is 0 Å². The van der Waals surface area contributed by atoms with Crippen LogP contribution in [0.4, 0.5) is 0 Å². The molecule has 1 heterocycles. The summed E-state index contributed by atoms with van der Waals surface area (Å²) in [6.45, 7) is 1.73. The fraction of sp³-hybridized carbons (Fsp3) is 0.364. The molecule has 1 atom stereocenters. The number of hydrogen-bond donors (Lipinski definition) is 1. The predicted molar refractivity (Wildman–Crippen MR) is 65.2 cm³/mol. The van der Waals surface area contributed by atoms with Crippen molar-refractivity contribution >= 4 is 23.6 Å². The zero-order valence-corrected chi connectivity index (χ0v) is 10.7. The molecule has 0 aliphatic heterocycles. The normalized spacial score (nSPS) is 11.9. The van der Waals surface area contributed by atoms with Gasteiger partial charge < -0.3 is 10.0 Å². The van der Waals surface area contributed by atoms with Crippen molar-refractivity contribution in [2.24, 2.45) is 0 Å². The van der Waals surface area contributed by atoms with Gasteiger partial charge in [0, 0.05) is 20.3 Å². The topological polar surface area (TPSA) is 70.5 Å². The summed E-state index contributed by atoms with van der Waals surface area (Å²) in [5, 5.41) is 8.98. The van der Waals surface area contributed by atoms with E-state index in [9.17, 15) is 9.59 Å². The van der Waals surface area contributed by atoms with E-state index in [4.69, 9.17) is 5.11 Å². The first-order valence-corrected chi connectivity index (χ1v) is 5.87. The molecule has 0 saturated carbocycles. The molecular formula is C11H14N2O3S. The second kappa shape index (κ2) is 5.67. The lowest BCUT2D eigenvalue weighted by atomic mass is 10.3. The Morgan fingerprint density at radius 1 is 1.47 bits per heavy atom. The molecular weight excluding hydrogens is 240 g/mol. The summed E-state index contributed by atoms with van der Waals surface area (Å²) in [4.78, 5) is 28.1. The number of carbonyl (C=O) groups excluding carboxylic acids is 1. The van der Waals surface area contributed by atoms with Crippen molar-refractivity contribution in [2.45, 2.75) is 17.2 Å². The van der Waals surface area contributed by atoms with Crippen molar-refractivity contribution in [3.8, 4) is 0 Å². The lowest BCUT2D eigenvalue weighted by Gasteiger charge is -2.16. The van der Waals surface area contributed by atoms with E-state index < -0.39 is 5.97 Å². The number of rotatable bonds is 4. The van der Waals surface area contributed by atoms with E-state index in [1.807, 2.05) is 0 Å². The van der Waals surface area contributed by atoms with Gasteiger partial charge in [0.2, 0.25) is 5.91 Å². The van der Waals surface area contributed by atoms with Gasteiger partial charge in [-0.3, -0.25) is 4.79 Å². The van der Waals surface area contributed by atoms with Gasteiger partial charge in [-0.1, -0.05) is 11.8 Å². The van der Waals surface area contributed by atoms with Crippen LogP contribution in [-0.4, -0.2) is 46.2 Å².